The van der Waals surface area contributed by atoms with Crippen molar-refractivity contribution in [3.05, 3.63) is 531 Å². The summed E-state index contributed by atoms with van der Waals surface area (Å²) in [6.45, 7) is -5.90. The Morgan fingerprint density at radius 2 is 0.486 bits per heavy atom. The smallest absolute Gasteiger partial charge is 0.0347 e. The summed E-state index contributed by atoms with van der Waals surface area (Å²) in [4.78, 5) is 34.2. The molecule has 8 aromatic heterocycles. The van der Waals surface area contributed by atoms with E-state index in [4.69, 9.17) is 27.4 Å². The molecule has 0 fully saturated rings. The second-order valence-corrected chi connectivity index (χ2v) is 30.4. The molecule has 12 aromatic carbocycles. The Kier molecular flexibility index (Phi) is 34.4. The van der Waals surface area contributed by atoms with E-state index in [9.17, 15) is 0 Å². The van der Waals surface area contributed by atoms with E-state index in [0.29, 0.717) is 5.56 Å². The standard InChI is InChI=1S/C21H20N.C20H18N.C19H16N.C18H14N.4C12H10N.4Ir/c1-16(2)14-17-8-10-18(11-9-17)20-12-13-22-21(15-20)19-6-4-3-5-7-19;1-15(2)16-8-10-17(11-9-16)19-12-13-21-20(14-19)18-6-4-3-5-7-18;1-2-15-8-10-16(11-9-15)18-12-13-20-19(14-18)17-6-4-3-5-7-17;1-14-7-9-15(10-8-14)17-11-12-19-18(13-17)16-5-3-2-4-6-16;4*1-10-7-8-12(13-9-10)11-5-3-2-4-6-11;;;;/h3-6,8-13,15-16H,14H2,1-2H3;3-6,8-15H,1-2H3;3-6,8-14H,2H2,1H3;2-5,7-13H,1H3;4*2-5,7-9H,1H3;;;;/q8*-1;;;;/i1D3,16D;1D3,15D;;;4*1D3;;;;. The first-order valence-electron chi connectivity index (χ1n) is 53.4. The quantitative estimate of drug-likeness (QED) is 0.0882. The van der Waals surface area contributed by atoms with Crippen molar-refractivity contribution in [3.63, 3.8) is 0 Å². The summed E-state index contributed by atoms with van der Waals surface area (Å²) >= 11 is 0. The van der Waals surface area contributed by atoms with Crippen LogP contribution in [0.5, 0.6) is 0 Å². The molecule has 20 rings (SSSR count). The maximum atomic E-state index is 8.16. The number of aromatic nitrogens is 8. The van der Waals surface area contributed by atoms with E-state index in [2.05, 4.69) is 163 Å². The Bertz CT molecular complexity index is 7320. The van der Waals surface area contributed by atoms with Gasteiger partial charge in [0.15, 0.2) is 0 Å². The fraction of sp³-hybridized carbons (Fsp3) is 0.111. The SMILES string of the molecule is CCc1ccc(-c2ccnc(-c3[c-]cccc3)c2)cc1.Cc1ccc(-c2ccnc(-c3[c-]cccc3)c2)cc1.[2H]C([2H])([2H])C([2H])(C)Cc1ccc(-c2ccnc(-c3[c-]cccc3)c2)cc1.[2H]C([2H])([2H])C([2H])(C)c1ccc(-c2ccnc(-c3[c-]cccc3)c2)cc1.[2H]C([2H])([2H])c1ccc(-c2[c-]cccc2)nc1.[2H]C([2H])([2H])c1ccc(-c2[c-]cccc2)nc1.[2H]C([2H])([2H])c1ccc(-c2[c-]cccc2)nc1.[2H]C([2H])([2H])c1ccc(-c2[c-]cccc2)nc1.[Ir].[Ir].[Ir].[Ir]. The molecule has 0 saturated carbocycles. The van der Waals surface area contributed by atoms with Crippen LogP contribution in [0, 0.1) is 88.8 Å². The minimum absolute atomic E-state index is 0. The zero-order valence-electron chi connectivity index (χ0n) is 95.9. The second kappa shape index (κ2) is 58.1. The number of benzene rings is 12. The molecular formula is C126H108Ir4N8-8. The van der Waals surface area contributed by atoms with Gasteiger partial charge in [0.25, 0.3) is 0 Å². The van der Waals surface area contributed by atoms with Crippen LogP contribution in [0.15, 0.2) is 438 Å². The third-order valence-electron chi connectivity index (χ3n) is 20.5. The molecule has 12 heteroatoms. The number of aryl methyl sites for hydroxylation is 6. The molecule has 0 N–H and O–H groups in total. The zero-order chi connectivity index (χ0) is 110. The Labute approximate surface area is 899 Å². The number of hydrogen-bond donors (Lipinski definition) is 0. The number of nitrogens with zero attached hydrogens (tertiary/aromatic N) is 8. The summed E-state index contributed by atoms with van der Waals surface area (Å²) in [5.41, 5.74) is 27.6. The topological polar surface area (TPSA) is 103 Å². The van der Waals surface area contributed by atoms with Crippen molar-refractivity contribution in [2.75, 3.05) is 0 Å². The van der Waals surface area contributed by atoms with Crippen LogP contribution in [0.1, 0.15) is 112 Å². The van der Waals surface area contributed by atoms with Crippen LogP contribution in [0.2, 0.25) is 0 Å². The fourth-order valence-electron chi connectivity index (χ4n) is 13.4. The van der Waals surface area contributed by atoms with Crippen molar-refractivity contribution >= 4 is 0 Å². The van der Waals surface area contributed by atoms with E-state index in [1.54, 1.807) is 97.3 Å². The Hall–Kier alpha value is -13.6. The van der Waals surface area contributed by atoms with Gasteiger partial charge in [-0.25, -0.2) is 0 Å². The minimum atomic E-state index is -2.37. The van der Waals surface area contributed by atoms with Gasteiger partial charge in [-0.15, -0.1) is 287 Å². The van der Waals surface area contributed by atoms with Crippen LogP contribution in [-0.2, 0) is 93.3 Å². The Morgan fingerprint density at radius 3 is 0.703 bits per heavy atom. The number of hydrogen-bond acceptors (Lipinski definition) is 8. The maximum absolute atomic E-state index is 8.16. The van der Waals surface area contributed by atoms with E-state index in [0.717, 1.165) is 124 Å². The second-order valence-electron chi connectivity index (χ2n) is 30.4. The van der Waals surface area contributed by atoms with Crippen molar-refractivity contribution in [1.29, 1.82) is 0 Å². The molecule has 0 spiro atoms. The van der Waals surface area contributed by atoms with Gasteiger partial charge >= 0.3 is 0 Å². The largest absolute Gasteiger partial charge is 0.305 e. The summed E-state index contributed by atoms with van der Waals surface area (Å²) in [7, 11) is 0. The van der Waals surface area contributed by atoms with E-state index < -0.39 is 52.9 Å². The van der Waals surface area contributed by atoms with E-state index in [1.165, 1.54) is 72.0 Å². The van der Waals surface area contributed by atoms with Gasteiger partial charge in [0.1, 0.15) is 0 Å². The molecule has 8 nitrogen and oxygen atoms in total. The van der Waals surface area contributed by atoms with Crippen molar-refractivity contribution in [2.45, 2.75) is 87.5 Å². The van der Waals surface area contributed by atoms with Crippen LogP contribution in [0.25, 0.3) is 135 Å². The van der Waals surface area contributed by atoms with Crippen molar-refractivity contribution in [3.8, 4) is 135 Å². The molecule has 2 atom stereocenters. The summed E-state index contributed by atoms with van der Waals surface area (Å²) in [6.07, 6.45) is 14.1. The summed E-state index contributed by atoms with van der Waals surface area (Å²) in [6, 6.07) is 147. The van der Waals surface area contributed by atoms with E-state index in [-0.39, 0.29) is 109 Å². The molecule has 0 saturated heterocycles. The molecule has 4 radical (unpaired) electrons. The first kappa shape index (κ1) is 81.6. The molecule has 0 bridgehead atoms. The summed E-state index contributed by atoms with van der Waals surface area (Å²) < 4.78 is 148. The first-order chi connectivity index (χ1) is 73.5. The predicted molar refractivity (Wildman–Crippen MR) is 556 cm³/mol. The van der Waals surface area contributed by atoms with Gasteiger partial charge in [0.2, 0.25) is 0 Å². The summed E-state index contributed by atoms with van der Waals surface area (Å²) in [5.74, 6) is -3.13. The molecule has 0 aliphatic heterocycles. The van der Waals surface area contributed by atoms with Gasteiger partial charge < -0.3 is 39.9 Å². The van der Waals surface area contributed by atoms with Crippen LogP contribution in [-0.4, -0.2) is 39.9 Å². The van der Waals surface area contributed by atoms with Gasteiger partial charge in [0, 0.05) is 157 Å². The van der Waals surface area contributed by atoms with Gasteiger partial charge in [0.05, 0.1) is 0 Å². The third-order valence-corrected chi connectivity index (χ3v) is 20.5. The monoisotopic (exact) mass is 2520 g/mol. The molecule has 0 aliphatic carbocycles. The van der Waals surface area contributed by atoms with Crippen LogP contribution < -0.4 is 0 Å². The molecule has 0 amide bonds. The molecule has 0 aliphatic rings. The molecule has 20 aromatic rings. The number of pyridine rings is 8. The van der Waals surface area contributed by atoms with E-state index in [1.807, 2.05) is 255 Å². The Morgan fingerprint density at radius 1 is 0.246 bits per heavy atom. The zero-order valence-corrected chi connectivity index (χ0v) is 85.5. The minimum Gasteiger partial charge on any atom is -0.305 e. The third kappa shape index (κ3) is 34.6. The van der Waals surface area contributed by atoms with Crippen LogP contribution in [0.4, 0.5) is 0 Å². The average Bonchev–Trinajstić information content (AvgIpc) is 0.780. The molecule has 696 valence electrons. The van der Waals surface area contributed by atoms with Gasteiger partial charge in [-0.1, -0.05) is 210 Å². The van der Waals surface area contributed by atoms with Crippen molar-refractivity contribution in [2.24, 2.45) is 5.89 Å². The Balaban J connectivity index is 0.000000200. The normalized spacial score (nSPS) is 13.6. The summed E-state index contributed by atoms with van der Waals surface area (Å²) in [5, 5.41) is 0. The average molecular weight is 2520 g/mol. The maximum Gasteiger partial charge on any atom is 0.0347 e. The van der Waals surface area contributed by atoms with Gasteiger partial charge in [-0.2, -0.15) is 0 Å². The van der Waals surface area contributed by atoms with E-state index >= 15 is 0 Å². The van der Waals surface area contributed by atoms with Gasteiger partial charge in [-0.3, -0.25) is 0 Å². The molecule has 138 heavy (non-hydrogen) atoms. The van der Waals surface area contributed by atoms with Crippen LogP contribution >= 0.6 is 0 Å². The fourth-order valence-corrected chi connectivity index (χ4v) is 13.4. The number of rotatable bonds is 16. The van der Waals surface area contributed by atoms with Crippen molar-refractivity contribution < 1.29 is 108 Å². The van der Waals surface area contributed by atoms with Gasteiger partial charge in [-0.05, 0) is 212 Å². The van der Waals surface area contributed by atoms with Crippen LogP contribution in [0.3, 0.4) is 0 Å². The predicted octanol–water partition coefficient (Wildman–Crippen LogP) is 31.5. The molecule has 8 heterocycles. The first-order valence-corrected chi connectivity index (χ1v) is 43.4. The molecule has 2 unspecified atom stereocenters. The van der Waals surface area contributed by atoms with Crippen molar-refractivity contribution in [1.82, 2.24) is 39.9 Å². The molecular weight excluding hydrogens is 2390 g/mol.